The molecule has 0 amide bonds. The summed E-state index contributed by atoms with van der Waals surface area (Å²) in [4.78, 5) is 14.0. The minimum absolute atomic E-state index is 0.0251. The summed E-state index contributed by atoms with van der Waals surface area (Å²) in [6.45, 7) is 1.26. The maximum atomic E-state index is 13.2. The minimum Gasteiger partial charge on any atom is -0.496 e. The number of methoxy groups -OCH3 is 1. The van der Waals surface area contributed by atoms with Crippen LogP contribution in [0, 0.1) is 17.0 Å². The predicted molar refractivity (Wildman–Crippen MR) is 95.1 cm³/mol. The number of fused-ring (bicyclic) bond motifs is 1. The largest absolute Gasteiger partial charge is 0.496 e. The van der Waals surface area contributed by atoms with Crippen molar-refractivity contribution in [2.75, 3.05) is 7.11 Å². The molecule has 0 saturated carbocycles. The van der Waals surface area contributed by atoms with Crippen molar-refractivity contribution in [2.45, 2.75) is 19.3 Å². The van der Waals surface area contributed by atoms with Crippen LogP contribution in [0.1, 0.15) is 16.8 Å². The van der Waals surface area contributed by atoms with E-state index in [1.54, 1.807) is 0 Å². The number of nitro groups is 1. The standard InChI is InChI=1S/C19H12F6N2O3/c1-9-6-14(19(23,24)25)26-17-12(27(28)29)8-13(30-2)16(15(9)17)10-4-3-5-11(7-10)18(20,21)22/h3-8H,1-2H3. The fourth-order valence-corrected chi connectivity index (χ4v) is 3.14. The summed E-state index contributed by atoms with van der Waals surface area (Å²) >= 11 is 0. The zero-order valence-electron chi connectivity index (χ0n) is 15.4. The molecular formula is C19H12F6N2O3. The van der Waals surface area contributed by atoms with Crippen molar-refractivity contribution in [3.8, 4) is 16.9 Å². The fourth-order valence-electron chi connectivity index (χ4n) is 3.14. The Morgan fingerprint density at radius 2 is 1.70 bits per heavy atom. The van der Waals surface area contributed by atoms with Crippen LogP contribution in [-0.4, -0.2) is 17.0 Å². The zero-order valence-corrected chi connectivity index (χ0v) is 15.4. The molecule has 3 rings (SSSR count). The molecule has 0 unspecified atom stereocenters. The molecular weight excluding hydrogens is 418 g/mol. The van der Waals surface area contributed by atoms with Gasteiger partial charge in [-0.2, -0.15) is 26.3 Å². The highest BCUT2D eigenvalue weighted by Gasteiger charge is 2.35. The Morgan fingerprint density at radius 1 is 1.03 bits per heavy atom. The maximum absolute atomic E-state index is 13.2. The lowest BCUT2D eigenvalue weighted by Gasteiger charge is -2.17. The van der Waals surface area contributed by atoms with Crippen LogP contribution in [0.4, 0.5) is 32.0 Å². The molecule has 0 aliphatic carbocycles. The van der Waals surface area contributed by atoms with Gasteiger partial charge in [0.15, 0.2) is 0 Å². The molecule has 1 aromatic heterocycles. The van der Waals surface area contributed by atoms with E-state index in [-0.39, 0.29) is 27.8 Å². The van der Waals surface area contributed by atoms with Crippen molar-refractivity contribution in [2.24, 2.45) is 0 Å². The monoisotopic (exact) mass is 430 g/mol. The number of aryl methyl sites for hydroxylation is 1. The number of hydrogen-bond acceptors (Lipinski definition) is 4. The molecule has 0 radical (unpaired) electrons. The third-order valence-corrected chi connectivity index (χ3v) is 4.41. The van der Waals surface area contributed by atoms with E-state index in [0.29, 0.717) is 6.07 Å². The molecule has 1 heterocycles. The number of hydrogen-bond donors (Lipinski definition) is 0. The van der Waals surface area contributed by atoms with Gasteiger partial charge < -0.3 is 4.74 Å². The third kappa shape index (κ3) is 3.74. The first-order valence-electron chi connectivity index (χ1n) is 8.26. The number of non-ortho nitro benzene ring substituents is 1. The normalized spacial score (nSPS) is 12.3. The smallest absolute Gasteiger partial charge is 0.433 e. The Balaban J connectivity index is 2.49. The molecule has 2 aromatic carbocycles. The minimum atomic E-state index is -4.87. The van der Waals surface area contributed by atoms with Gasteiger partial charge in [0.2, 0.25) is 0 Å². The van der Waals surface area contributed by atoms with Crippen LogP contribution in [0.15, 0.2) is 36.4 Å². The van der Waals surface area contributed by atoms with E-state index in [2.05, 4.69) is 4.98 Å². The van der Waals surface area contributed by atoms with Crippen LogP contribution in [0.2, 0.25) is 0 Å². The molecule has 0 fully saturated rings. The van der Waals surface area contributed by atoms with Gasteiger partial charge in [0.25, 0.3) is 5.69 Å². The molecule has 0 bridgehead atoms. The lowest BCUT2D eigenvalue weighted by Crippen LogP contribution is -2.10. The molecule has 3 aromatic rings. The summed E-state index contributed by atoms with van der Waals surface area (Å²) in [5, 5.41) is 11.4. The molecule has 0 N–H and O–H groups in total. The van der Waals surface area contributed by atoms with Crippen molar-refractivity contribution < 1.29 is 36.0 Å². The second-order valence-corrected chi connectivity index (χ2v) is 6.35. The Morgan fingerprint density at radius 3 is 2.23 bits per heavy atom. The first kappa shape index (κ1) is 21.3. The zero-order chi connectivity index (χ0) is 22.4. The molecule has 0 atom stereocenters. The predicted octanol–water partition coefficient (Wildman–Crippen LogP) is 6.16. The number of alkyl halides is 6. The number of nitrogens with zero attached hydrogens (tertiary/aromatic N) is 2. The Kier molecular flexibility index (Phi) is 5.09. The molecule has 158 valence electrons. The van der Waals surface area contributed by atoms with Crippen molar-refractivity contribution in [1.82, 2.24) is 4.98 Å². The molecule has 5 nitrogen and oxygen atoms in total. The van der Waals surface area contributed by atoms with Gasteiger partial charge in [-0.25, -0.2) is 4.98 Å². The molecule has 0 saturated heterocycles. The summed E-state index contributed by atoms with van der Waals surface area (Å²) in [5.41, 5.74) is -3.81. The van der Waals surface area contributed by atoms with E-state index in [0.717, 1.165) is 31.4 Å². The number of nitro benzene ring substituents is 1. The Bertz CT molecular complexity index is 1160. The highest BCUT2D eigenvalue weighted by molar-refractivity contribution is 6.04. The van der Waals surface area contributed by atoms with Gasteiger partial charge in [0, 0.05) is 10.9 Å². The maximum Gasteiger partial charge on any atom is 0.433 e. The van der Waals surface area contributed by atoms with Crippen LogP contribution < -0.4 is 4.74 Å². The van der Waals surface area contributed by atoms with Gasteiger partial charge in [-0.3, -0.25) is 10.1 Å². The number of aromatic nitrogens is 1. The third-order valence-electron chi connectivity index (χ3n) is 4.41. The lowest BCUT2D eigenvalue weighted by molar-refractivity contribution is -0.383. The van der Waals surface area contributed by atoms with E-state index in [9.17, 15) is 36.5 Å². The Labute approximate surface area is 165 Å². The molecule has 30 heavy (non-hydrogen) atoms. The average Bonchev–Trinajstić information content (AvgIpc) is 2.65. The fraction of sp³-hybridized carbons (Fsp3) is 0.211. The van der Waals surface area contributed by atoms with Crippen molar-refractivity contribution in [3.63, 3.8) is 0 Å². The summed E-state index contributed by atoms with van der Waals surface area (Å²) < 4.78 is 84.2. The molecule has 0 spiro atoms. The summed E-state index contributed by atoms with van der Waals surface area (Å²) in [7, 11) is 1.15. The number of halogens is 6. The van der Waals surface area contributed by atoms with Gasteiger partial charge in [0.1, 0.15) is 17.0 Å². The average molecular weight is 430 g/mol. The van der Waals surface area contributed by atoms with E-state index in [1.807, 2.05) is 0 Å². The lowest BCUT2D eigenvalue weighted by atomic mass is 9.94. The van der Waals surface area contributed by atoms with Gasteiger partial charge in [-0.05, 0) is 36.2 Å². The van der Waals surface area contributed by atoms with Crippen molar-refractivity contribution in [3.05, 3.63) is 63.3 Å². The van der Waals surface area contributed by atoms with Crippen LogP contribution in [-0.2, 0) is 12.4 Å². The number of pyridine rings is 1. The topological polar surface area (TPSA) is 65.3 Å². The number of rotatable bonds is 3. The van der Waals surface area contributed by atoms with E-state index in [4.69, 9.17) is 4.74 Å². The van der Waals surface area contributed by atoms with Crippen LogP contribution >= 0.6 is 0 Å². The number of ether oxygens (including phenoxy) is 1. The first-order valence-corrected chi connectivity index (χ1v) is 8.26. The second kappa shape index (κ2) is 7.15. The number of benzene rings is 2. The van der Waals surface area contributed by atoms with Crippen LogP contribution in [0.25, 0.3) is 22.0 Å². The van der Waals surface area contributed by atoms with Gasteiger partial charge in [-0.15, -0.1) is 0 Å². The molecule has 11 heteroatoms. The van der Waals surface area contributed by atoms with Crippen molar-refractivity contribution >= 4 is 16.6 Å². The summed E-state index contributed by atoms with van der Waals surface area (Å²) in [6, 6.07) is 5.58. The van der Waals surface area contributed by atoms with E-state index >= 15 is 0 Å². The van der Waals surface area contributed by atoms with Crippen LogP contribution in [0.5, 0.6) is 5.75 Å². The van der Waals surface area contributed by atoms with Gasteiger partial charge in [-0.1, -0.05) is 12.1 Å². The quantitative estimate of drug-likeness (QED) is 0.283. The van der Waals surface area contributed by atoms with Gasteiger partial charge in [0.05, 0.1) is 23.7 Å². The molecule has 0 aliphatic heterocycles. The SMILES string of the molecule is COc1cc([N+](=O)[O-])c2nc(C(F)(F)F)cc(C)c2c1-c1cccc(C(F)(F)F)c1. The van der Waals surface area contributed by atoms with Crippen LogP contribution in [0.3, 0.4) is 0 Å². The first-order chi connectivity index (χ1) is 13.8. The van der Waals surface area contributed by atoms with Gasteiger partial charge >= 0.3 is 12.4 Å². The Hall–Kier alpha value is -3.37. The highest BCUT2D eigenvalue weighted by Crippen LogP contribution is 2.45. The van der Waals surface area contributed by atoms with E-state index in [1.165, 1.54) is 13.0 Å². The summed E-state index contributed by atoms with van der Waals surface area (Å²) in [5.74, 6) is -0.168. The second-order valence-electron chi connectivity index (χ2n) is 6.35. The highest BCUT2D eigenvalue weighted by atomic mass is 19.4. The van der Waals surface area contributed by atoms with E-state index < -0.39 is 39.7 Å². The summed E-state index contributed by atoms with van der Waals surface area (Å²) in [6.07, 6.45) is -9.54. The van der Waals surface area contributed by atoms with Crippen molar-refractivity contribution in [1.29, 1.82) is 0 Å². The molecule has 0 aliphatic rings.